The highest BCUT2D eigenvalue weighted by Crippen LogP contribution is 2.28. The zero-order chi connectivity index (χ0) is 16.5. The van der Waals surface area contributed by atoms with Gasteiger partial charge in [-0.05, 0) is 6.42 Å². The quantitative estimate of drug-likeness (QED) is 0.403. The van der Waals surface area contributed by atoms with Crippen LogP contribution in [0.2, 0.25) is 0 Å². The van der Waals surface area contributed by atoms with Crippen LogP contribution < -0.4 is 0 Å². The van der Waals surface area contributed by atoms with Crippen LogP contribution in [0, 0.1) is 5.92 Å². The molecule has 0 aliphatic carbocycles. The lowest BCUT2D eigenvalue weighted by Crippen LogP contribution is -2.50. The van der Waals surface area contributed by atoms with Gasteiger partial charge in [-0.15, -0.1) is 0 Å². The van der Waals surface area contributed by atoms with Gasteiger partial charge in [-0.1, -0.05) is 45.4 Å². The fourth-order valence-electron chi connectivity index (χ4n) is 2.27. The van der Waals surface area contributed by atoms with Crippen LogP contribution in [0.15, 0.2) is 0 Å². The van der Waals surface area contributed by atoms with E-state index < -0.39 is 35.8 Å². The van der Waals surface area contributed by atoms with Crippen molar-refractivity contribution in [3.63, 3.8) is 0 Å². The Labute approximate surface area is 123 Å². The van der Waals surface area contributed by atoms with E-state index >= 15 is 0 Å². The van der Waals surface area contributed by atoms with Crippen molar-refractivity contribution in [1.82, 2.24) is 0 Å². The lowest BCUT2D eigenvalue weighted by molar-refractivity contribution is -0.179. The standard InChI is InChI=1S/C14H24O7/c1-2-3-4-5-6-7-8-10(12(17)18)14(21,13(19)20)9-11(15)16/h10,21H,2-9H2,1H3,(H,15,16)(H,17,18)(H,19,20). The molecule has 0 aromatic carbocycles. The monoisotopic (exact) mass is 304 g/mol. The van der Waals surface area contributed by atoms with Crippen molar-refractivity contribution in [3.8, 4) is 0 Å². The Hall–Kier alpha value is -1.63. The molecule has 2 atom stereocenters. The maximum absolute atomic E-state index is 11.2. The van der Waals surface area contributed by atoms with Gasteiger partial charge in [0.1, 0.15) is 0 Å². The third kappa shape index (κ3) is 6.57. The molecule has 7 heteroatoms. The number of carboxylic acids is 3. The predicted molar refractivity (Wildman–Crippen MR) is 74.0 cm³/mol. The van der Waals surface area contributed by atoms with Crippen molar-refractivity contribution >= 4 is 17.9 Å². The van der Waals surface area contributed by atoms with Crippen LogP contribution in [0.3, 0.4) is 0 Å². The van der Waals surface area contributed by atoms with Crippen molar-refractivity contribution in [2.24, 2.45) is 5.92 Å². The molecule has 21 heavy (non-hydrogen) atoms. The summed E-state index contributed by atoms with van der Waals surface area (Å²) in [5.74, 6) is -6.48. The molecule has 0 aliphatic heterocycles. The van der Waals surface area contributed by atoms with Gasteiger partial charge in [0.05, 0.1) is 12.3 Å². The molecule has 0 saturated heterocycles. The smallest absolute Gasteiger partial charge is 0.337 e. The summed E-state index contributed by atoms with van der Waals surface area (Å²) in [5, 5.41) is 36.7. The summed E-state index contributed by atoms with van der Waals surface area (Å²) in [7, 11) is 0. The van der Waals surface area contributed by atoms with Gasteiger partial charge < -0.3 is 20.4 Å². The second-order valence-electron chi connectivity index (χ2n) is 5.25. The fraction of sp³-hybridized carbons (Fsp3) is 0.786. The second kappa shape index (κ2) is 9.33. The largest absolute Gasteiger partial charge is 0.481 e. The minimum Gasteiger partial charge on any atom is -0.481 e. The zero-order valence-electron chi connectivity index (χ0n) is 12.2. The van der Waals surface area contributed by atoms with E-state index in [4.69, 9.17) is 15.3 Å². The number of rotatable bonds is 12. The molecule has 7 nitrogen and oxygen atoms in total. The van der Waals surface area contributed by atoms with Crippen LogP contribution >= 0.6 is 0 Å². The van der Waals surface area contributed by atoms with Gasteiger partial charge in [0.25, 0.3) is 0 Å². The van der Waals surface area contributed by atoms with Gasteiger partial charge in [0.2, 0.25) is 0 Å². The summed E-state index contributed by atoms with van der Waals surface area (Å²) in [6.45, 7) is 2.07. The summed E-state index contributed by atoms with van der Waals surface area (Å²) in [5.41, 5.74) is -2.78. The maximum atomic E-state index is 11.2. The topological polar surface area (TPSA) is 132 Å². The van der Waals surface area contributed by atoms with Crippen molar-refractivity contribution in [2.45, 2.75) is 63.9 Å². The van der Waals surface area contributed by atoms with Crippen LogP contribution in [-0.4, -0.2) is 43.9 Å². The molecule has 0 aliphatic rings. The molecule has 0 fully saturated rings. The Balaban J connectivity index is 4.66. The van der Waals surface area contributed by atoms with Gasteiger partial charge in [0, 0.05) is 0 Å². The van der Waals surface area contributed by atoms with Gasteiger partial charge in [0.15, 0.2) is 5.60 Å². The van der Waals surface area contributed by atoms with Crippen molar-refractivity contribution in [1.29, 1.82) is 0 Å². The van der Waals surface area contributed by atoms with Crippen LogP contribution in [0.1, 0.15) is 58.3 Å². The summed E-state index contributed by atoms with van der Waals surface area (Å²) in [4.78, 5) is 33.0. The number of hydrogen-bond acceptors (Lipinski definition) is 4. The first-order valence-corrected chi connectivity index (χ1v) is 7.16. The highest BCUT2D eigenvalue weighted by atomic mass is 16.4. The third-order valence-corrected chi connectivity index (χ3v) is 3.51. The molecule has 122 valence electrons. The van der Waals surface area contributed by atoms with Gasteiger partial charge in [-0.3, -0.25) is 9.59 Å². The van der Waals surface area contributed by atoms with Gasteiger partial charge >= 0.3 is 17.9 Å². The van der Waals surface area contributed by atoms with E-state index in [1.165, 1.54) is 0 Å². The molecule has 2 unspecified atom stereocenters. The maximum Gasteiger partial charge on any atom is 0.337 e. The molecular weight excluding hydrogens is 280 g/mol. The van der Waals surface area contributed by atoms with Crippen LogP contribution in [0.5, 0.6) is 0 Å². The molecule has 0 saturated carbocycles. The van der Waals surface area contributed by atoms with Crippen LogP contribution in [0.25, 0.3) is 0 Å². The molecule has 0 amide bonds. The first-order valence-electron chi connectivity index (χ1n) is 7.16. The second-order valence-corrected chi connectivity index (χ2v) is 5.25. The number of aliphatic hydroxyl groups is 1. The highest BCUT2D eigenvalue weighted by Gasteiger charge is 2.49. The average Bonchev–Trinajstić information content (AvgIpc) is 2.36. The predicted octanol–water partition coefficient (Wildman–Crippen LogP) is 1.73. The Morgan fingerprint density at radius 3 is 1.90 bits per heavy atom. The molecule has 0 aromatic rings. The Morgan fingerprint density at radius 2 is 1.48 bits per heavy atom. The number of carboxylic acid groups (broad SMARTS) is 3. The van der Waals surface area contributed by atoms with Gasteiger partial charge in [-0.25, -0.2) is 4.79 Å². The summed E-state index contributed by atoms with van der Waals surface area (Å²) >= 11 is 0. The normalized spacial score (nSPS) is 15.1. The number of carbonyl (C=O) groups is 3. The summed E-state index contributed by atoms with van der Waals surface area (Å²) in [6.07, 6.45) is 4.07. The van der Waals surface area contributed by atoms with Crippen molar-refractivity contribution in [2.75, 3.05) is 0 Å². The molecule has 0 rings (SSSR count). The lowest BCUT2D eigenvalue weighted by Gasteiger charge is -2.28. The minimum absolute atomic E-state index is 0.0580. The summed E-state index contributed by atoms with van der Waals surface area (Å²) in [6, 6.07) is 0. The van der Waals surface area contributed by atoms with E-state index in [2.05, 4.69) is 6.92 Å². The van der Waals surface area contributed by atoms with Crippen molar-refractivity contribution in [3.05, 3.63) is 0 Å². The number of unbranched alkanes of at least 4 members (excludes halogenated alkanes) is 5. The molecule has 0 bridgehead atoms. The Bertz CT molecular complexity index is 366. The number of aliphatic carboxylic acids is 3. The molecule has 4 N–H and O–H groups in total. The molecule has 0 radical (unpaired) electrons. The lowest BCUT2D eigenvalue weighted by atomic mass is 9.81. The van der Waals surface area contributed by atoms with E-state index in [0.29, 0.717) is 6.42 Å². The zero-order valence-corrected chi connectivity index (χ0v) is 12.2. The first kappa shape index (κ1) is 19.4. The van der Waals surface area contributed by atoms with E-state index in [1.807, 2.05) is 0 Å². The highest BCUT2D eigenvalue weighted by molar-refractivity contribution is 5.89. The van der Waals surface area contributed by atoms with E-state index in [9.17, 15) is 19.5 Å². The molecule has 0 spiro atoms. The Kier molecular flexibility index (Phi) is 8.61. The molecule has 0 aromatic heterocycles. The number of hydrogen-bond donors (Lipinski definition) is 4. The van der Waals surface area contributed by atoms with E-state index in [-0.39, 0.29) is 6.42 Å². The third-order valence-electron chi connectivity index (χ3n) is 3.51. The van der Waals surface area contributed by atoms with Gasteiger partial charge in [-0.2, -0.15) is 0 Å². The minimum atomic E-state index is -2.78. The SMILES string of the molecule is CCCCCCCCC(C(=O)O)C(O)(CC(=O)O)C(=O)O. The first-order chi connectivity index (χ1) is 9.75. The van der Waals surface area contributed by atoms with Crippen LogP contribution in [0.4, 0.5) is 0 Å². The van der Waals surface area contributed by atoms with Crippen LogP contribution in [-0.2, 0) is 14.4 Å². The Morgan fingerprint density at radius 1 is 0.952 bits per heavy atom. The fourth-order valence-corrected chi connectivity index (χ4v) is 2.27. The van der Waals surface area contributed by atoms with E-state index in [1.54, 1.807) is 0 Å². The molecular formula is C14H24O7. The average molecular weight is 304 g/mol. The molecule has 0 heterocycles. The van der Waals surface area contributed by atoms with E-state index in [0.717, 1.165) is 32.1 Å². The summed E-state index contributed by atoms with van der Waals surface area (Å²) < 4.78 is 0. The van der Waals surface area contributed by atoms with Crippen molar-refractivity contribution < 1.29 is 34.8 Å².